The van der Waals surface area contributed by atoms with Crippen LogP contribution in [0.3, 0.4) is 0 Å². The predicted molar refractivity (Wildman–Crippen MR) is 420 cm³/mol. The molecular weight excluding hydrogens is 1420 g/mol. The third-order valence-electron chi connectivity index (χ3n) is 20.6. The molecule has 0 spiro atoms. The SMILES string of the molecule is CCCC(C)n1/c(=C/C=C2\CCC(/C=C/C3=[N+](C(C)CCC)c4cccc5cccc3c45)=C2Cl)c2cccc3cccc1c32.CCCC(C)n1/c(=C/C=C2\CCC(/C=C/C3=[N+](C(C)CCC)c4cccc5cccc3c45)=C2Nc2ccccc2)c2cccc3cccc1c32.[2HH].[2H][2H].[2H][2H].[2H][2H].[2H][2H].[2H][2H].[2H][2H].[I-].[I-]. The van der Waals surface area contributed by atoms with Crippen molar-refractivity contribution in [2.24, 2.45) is 0 Å². The number of nitrogens with one attached hydrogen (secondary N) is 1. The zero-order chi connectivity index (χ0) is 76.6. The molecular formula is C88H104ClI2N5. The summed E-state index contributed by atoms with van der Waals surface area (Å²) in [6.07, 6.45) is 32.0. The number of aromatic nitrogens is 2. The summed E-state index contributed by atoms with van der Waals surface area (Å²) in [7, 11) is 0. The Bertz CT molecular complexity index is 5180. The molecule has 2 aliphatic carbocycles. The van der Waals surface area contributed by atoms with Gasteiger partial charge in [-0.2, -0.15) is 9.15 Å². The number of hydrogen-bond acceptors (Lipinski definition) is 1. The second kappa shape index (κ2) is 30.0. The van der Waals surface area contributed by atoms with E-state index in [-0.39, 0.29) is 49.4 Å². The average molecular weight is 1530 g/mol. The molecule has 11 aromatic rings. The lowest BCUT2D eigenvalue weighted by Gasteiger charge is -2.15. The highest BCUT2D eigenvalue weighted by Gasteiger charge is 2.36. The lowest BCUT2D eigenvalue weighted by atomic mass is 10.0. The van der Waals surface area contributed by atoms with E-state index in [1.807, 2.05) is 0 Å². The molecule has 0 saturated carbocycles. The monoisotopic (exact) mass is 1530 g/mol. The number of allylic oxidation sites excluding steroid dienone is 11. The first kappa shape index (κ1) is 60.8. The van der Waals surface area contributed by atoms with E-state index in [1.165, 1.54) is 138 Å². The van der Waals surface area contributed by atoms with Crippen LogP contribution < -0.4 is 64.0 Å². The summed E-state index contributed by atoms with van der Waals surface area (Å²) in [5.74, 6) is 0. The van der Waals surface area contributed by atoms with Crippen LogP contribution in [-0.2, 0) is 0 Å². The highest BCUT2D eigenvalue weighted by molar-refractivity contribution is 6.33. The van der Waals surface area contributed by atoms with Crippen molar-refractivity contribution in [1.82, 2.24) is 9.13 Å². The van der Waals surface area contributed by atoms with Gasteiger partial charge in [-0.3, -0.25) is 0 Å². The molecule has 15 rings (SSSR count). The molecule has 0 fully saturated rings. The molecule has 5 nitrogen and oxygen atoms in total. The van der Waals surface area contributed by atoms with Crippen LogP contribution in [0.5, 0.6) is 0 Å². The van der Waals surface area contributed by atoms with E-state index in [0.29, 0.717) is 24.2 Å². The fraction of sp³-hybridized carbons (Fsp3) is 0.273. The summed E-state index contributed by atoms with van der Waals surface area (Å²) < 4.78 is 70.3. The predicted octanol–water partition coefficient (Wildman–Crippen LogP) is 18.4. The van der Waals surface area contributed by atoms with Gasteiger partial charge in [0.1, 0.15) is 0 Å². The summed E-state index contributed by atoms with van der Waals surface area (Å²) in [5, 5.41) is 20.8. The quantitative estimate of drug-likeness (QED) is 0.0598. The summed E-state index contributed by atoms with van der Waals surface area (Å²) in [6.45, 7) is 18.6. The third-order valence-corrected chi connectivity index (χ3v) is 21.1. The van der Waals surface area contributed by atoms with Crippen LogP contribution in [0.1, 0.15) is 175 Å². The van der Waals surface area contributed by atoms with E-state index in [9.17, 15) is 0 Å². The van der Waals surface area contributed by atoms with Crippen LogP contribution in [0, 0.1) is 0 Å². The van der Waals surface area contributed by atoms with Crippen LogP contribution >= 0.6 is 11.6 Å². The molecule has 2 aromatic heterocycles. The second-order valence-corrected chi connectivity index (χ2v) is 27.3. The van der Waals surface area contributed by atoms with Gasteiger partial charge in [-0.25, -0.2) is 0 Å². The summed E-state index contributed by atoms with van der Waals surface area (Å²) in [5.41, 5.74) is 18.1. The molecule has 0 saturated heterocycles. The summed E-state index contributed by atoms with van der Waals surface area (Å²) in [6, 6.07) is 66.1. The van der Waals surface area contributed by atoms with E-state index >= 15 is 0 Å². The fourth-order valence-corrected chi connectivity index (χ4v) is 16.7. The molecule has 1 N–H and O–H groups in total. The number of anilines is 1. The summed E-state index contributed by atoms with van der Waals surface area (Å²) in [4.78, 5) is 0. The van der Waals surface area contributed by atoms with Crippen molar-refractivity contribution >= 4 is 117 Å². The molecule has 4 unspecified atom stereocenters. The molecule has 4 aliphatic rings. The first-order chi connectivity index (χ1) is 52.1. The van der Waals surface area contributed by atoms with Crippen molar-refractivity contribution in [3.8, 4) is 0 Å². The molecule has 2 aliphatic heterocycles. The van der Waals surface area contributed by atoms with Crippen LogP contribution in [-0.4, -0.2) is 41.8 Å². The number of rotatable bonds is 20. The van der Waals surface area contributed by atoms with Gasteiger partial charge >= 0.3 is 0 Å². The third kappa shape index (κ3) is 12.7. The maximum absolute atomic E-state index is 7.15. The smallest absolute Gasteiger partial charge is 0.214 e. The molecule has 4 heterocycles. The molecule has 9 aromatic carbocycles. The van der Waals surface area contributed by atoms with Crippen LogP contribution in [0.4, 0.5) is 17.1 Å². The van der Waals surface area contributed by atoms with Crippen molar-refractivity contribution in [1.29, 1.82) is 0 Å². The Morgan fingerprint density at radius 3 is 1.32 bits per heavy atom. The highest BCUT2D eigenvalue weighted by atomic mass is 127. The van der Waals surface area contributed by atoms with Gasteiger partial charge in [0, 0.05) is 128 Å². The lowest BCUT2D eigenvalue weighted by Crippen LogP contribution is -3.00. The normalized spacial score (nSPS) is 17.7. The van der Waals surface area contributed by atoms with Crippen molar-refractivity contribution < 1.29 is 76.3 Å². The van der Waals surface area contributed by atoms with Gasteiger partial charge in [0.05, 0.1) is 21.9 Å². The average Bonchev–Trinajstić information content (AvgIpc) is 1.62. The van der Waals surface area contributed by atoms with Gasteiger partial charge in [-0.05, 0) is 171 Å². The molecule has 0 radical (unpaired) electrons. The fourth-order valence-electron chi connectivity index (χ4n) is 16.4. The zero-order valence-corrected chi connectivity index (χ0v) is 62.2. The number of nitrogens with zero attached hydrogens (tertiary/aromatic N) is 4. The van der Waals surface area contributed by atoms with Crippen molar-refractivity contribution in [3.05, 3.63) is 267 Å². The molecule has 502 valence electrons. The number of para-hydroxylation sites is 1. The Kier molecular flexibility index (Phi) is 19.0. The zero-order valence-electron chi connectivity index (χ0n) is 69.1. The van der Waals surface area contributed by atoms with Crippen LogP contribution in [0.15, 0.2) is 245 Å². The van der Waals surface area contributed by atoms with Gasteiger partial charge in [-0.15, -0.1) is 0 Å². The van der Waals surface area contributed by atoms with E-state index < -0.39 is 0 Å². The van der Waals surface area contributed by atoms with Crippen molar-refractivity contribution in [2.75, 3.05) is 5.32 Å². The molecule has 4 atom stereocenters. The van der Waals surface area contributed by atoms with Gasteiger partial charge in [-0.1, -0.05) is 204 Å². The van der Waals surface area contributed by atoms with E-state index in [0.717, 1.165) is 87.8 Å². The summed E-state index contributed by atoms with van der Waals surface area (Å²) >= 11 is 7.15. The standard InChI is InChI=1S/C47H47N3.C41H42ClN2.2HI.7H2/c1-5-14-32(3)49-41(39-22-10-16-34-18-12-24-43(49)45(34)39)30-28-36-26-27-37(47(36)48-38-20-8-7-9-21-38)29-31-42-40-23-11-17-35-19-13-25-44(46(35)40)50(42)33(4)15-6-2;1-5-11-27(3)43-35(33-17-7-13-29-15-9-19-37(43)39(29)33)25-23-31-21-22-32(41(31)42)24-26-36-34-18-8-14-30-16-10-20-38(40(30)34)44(36)28(4)12-6-2;;;;;;;;;/h7-13,16-25,28-33H,5-6,14-15,26-27H2,1-4H3;7-10,13-20,23-28H,5-6,11-12,21-22H2,1-4H3;9*1H/q;+1;;;;;;;;;/p-1/b36-28+,41-30+;;;;;;;;;;/i;;;;6*1+1D;1+1. The van der Waals surface area contributed by atoms with E-state index in [2.05, 4.69) is 304 Å². The Morgan fingerprint density at radius 1 is 0.438 bits per heavy atom. The van der Waals surface area contributed by atoms with Gasteiger partial charge in [0.15, 0.2) is 12.1 Å². The van der Waals surface area contributed by atoms with Gasteiger partial charge in [0.25, 0.3) is 0 Å². The number of hydrogen-bond donors (Lipinski definition) is 1. The van der Waals surface area contributed by atoms with Crippen LogP contribution in [0.25, 0.3) is 77.0 Å². The van der Waals surface area contributed by atoms with E-state index in [4.69, 9.17) is 29.4 Å². The molecule has 0 bridgehead atoms. The second-order valence-electron chi connectivity index (χ2n) is 26.9. The van der Waals surface area contributed by atoms with Gasteiger partial charge < -0.3 is 62.4 Å². The molecule has 96 heavy (non-hydrogen) atoms. The minimum Gasteiger partial charge on any atom is -1.00 e. The van der Waals surface area contributed by atoms with Crippen molar-refractivity contribution in [3.63, 3.8) is 0 Å². The van der Waals surface area contributed by atoms with Crippen LogP contribution in [0.2, 0.25) is 0 Å². The highest BCUT2D eigenvalue weighted by Crippen LogP contribution is 2.42. The minimum absolute atomic E-state index is 0. The first-order valence-electron chi connectivity index (χ1n) is 41.2. The largest absolute Gasteiger partial charge is 1.00 e. The van der Waals surface area contributed by atoms with Crippen molar-refractivity contribution in [2.45, 2.75) is 157 Å². The Hall–Kier alpha value is -7.57. The Morgan fingerprint density at radius 2 is 0.844 bits per heavy atom. The Balaban J connectivity index is 0.000000337. The topological polar surface area (TPSA) is 27.9 Å². The lowest BCUT2D eigenvalue weighted by molar-refractivity contribution is -0.477. The minimum atomic E-state index is 0. The maximum Gasteiger partial charge on any atom is 0.214 e. The first-order valence-corrected chi connectivity index (χ1v) is 35.6. The number of halogens is 3. The van der Waals surface area contributed by atoms with Gasteiger partial charge in [0.2, 0.25) is 22.8 Å². The Labute approximate surface area is 627 Å². The number of benzene rings is 9. The van der Waals surface area contributed by atoms with E-state index in [1.54, 1.807) is 0 Å². The maximum atomic E-state index is 7.15. The molecule has 8 heteroatoms. The molecule has 0 amide bonds.